The molecule has 218 valence electrons. The summed E-state index contributed by atoms with van der Waals surface area (Å²) in [6.07, 6.45) is 4.05. The predicted octanol–water partition coefficient (Wildman–Crippen LogP) is 4.90. The van der Waals surface area contributed by atoms with Crippen molar-refractivity contribution in [2.75, 3.05) is 0 Å². The number of carbonyl (C=O) groups excluding carboxylic acids is 4. The molecule has 1 unspecified atom stereocenters. The number of esters is 4. The molecule has 9 heteroatoms. The number of ether oxygens (including phenoxy) is 4. The molecule has 1 saturated carbocycles. The van der Waals surface area contributed by atoms with Crippen LogP contribution in [-0.4, -0.2) is 42.1 Å². The molecule has 0 bridgehead atoms. The summed E-state index contributed by atoms with van der Waals surface area (Å²) in [6, 6.07) is 3.71. The van der Waals surface area contributed by atoms with E-state index in [1.165, 1.54) is 6.07 Å². The number of benzene rings is 1. The first kappa shape index (κ1) is 32.3. The second-order valence-corrected chi connectivity index (χ2v) is 11.4. The lowest BCUT2D eigenvalue weighted by molar-refractivity contribution is -0.169. The molecule has 9 nitrogen and oxygen atoms in total. The fourth-order valence-corrected chi connectivity index (χ4v) is 4.26. The van der Waals surface area contributed by atoms with E-state index in [9.17, 15) is 19.2 Å². The Labute approximate surface area is 232 Å². The molecule has 0 aliphatic heterocycles. The van der Waals surface area contributed by atoms with Gasteiger partial charge in [-0.3, -0.25) is 19.2 Å². The summed E-state index contributed by atoms with van der Waals surface area (Å²) in [7, 11) is 0. The maximum atomic E-state index is 12.7. The average molecular weight is 548 g/mol. The number of carbonyl (C=O) groups is 4. The Morgan fingerprint density at radius 1 is 0.795 bits per heavy atom. The predicted molar refractivity (Wildman–Crippen MR) is 146 cm³/mol. The van der Waals surface area contributed by atoms with Crippen LogP contribution < -0.4 is 15.2 Å². The van der Waals surface area contributed by atoms with Crippen LogP contribution in [0.25, 0.3) is 0 Å². The van der Waals surface area contributed by atoms with Crippen molar-refractivity contribution < 1.29 is 38.1 Å². The average Bonchev–Trinajstić information content (AvgIpc) is 2.84. The van der Waals surface area contributed by atoms with Crippen LogP contribution in [0.2, 0.25) is 0 Å². The zero-order valence-electron chi connectivity index (χ0n) is 24.2. The van der Waals surface area contributed by atoms with Gasteiger partial charge in [0.1, 0.15) is 18.2 Å². The van der Waals surface area contributed by atoms with Crippen LogP contribution in [0, 0.1) is 17.8 Å². The summed E-state index contributed by atoms with van der Waals surface area (Å²) in [5, 5.41) is 0. The van der Waals surface area contributed by atoms with Crippen LogP contribution in [0.3, 0.4) is 0 Å². The third kappa shape index (κ3) is 11.4. The lowest BCUT2D eigenvalue weighted by Crippen LogP contribution is -2.40. The van der Waals surface area contributed by atoms with Gasteiger partial charge in [-0.25, -0.2) is 0 Å². The van der Waals surface area contributed by atoms with E-state index in [1.807, 2.05) is 27.7 Å². The Morgan fingerprint density at radius 2 is 1.33 bits per heavy atom. The quantitative estimate of drug-likeness (QED) is 0.270. The number of hydrogen-bond acceptors (Lipinski definition) is 9. The second-order valence-electron chi connectivity index (χ2n) is 11.4. The van der Waals surface area contributed by atoms with Gasteiger partial charge in [0.05, 0.1) is 5.92 Å². The van der Waals surface area contributed by atoms with E-state index >= 15 is 0 Å². The van der Waals surface area contributed by atoms with Crippen LogP contribution in [0.1, 0.15) is 92.1 Å². The molecule has 0 heterocycles. The normalized spacial score (nSPS) is 16.3. The van der Waals surface area contributed by atoms with Crippen molar-refractivity contribution in [1.82, 2.24) is 0 Å². The second kappa shape index (κ2) is 15.6. The minimum absolute atomic E-state index is 0.0853. The molecule has 0 radical (unpaired) electrons. The Bertz CT molecular complexity index is 983. The van der Waals surface area contributed by atoms with Gasteiger partial charge >= 0.3 is 23.9 Å². The van der Waals surface area contributed by atoms with Gasteiger partial charge in [-0.15, -0.1) is 0 Å². The molecule has 0 aromatic heterocycles. The van der Waals surface area contributed by atoms with Crippen LogP contribution >= 0.6 is 0 Å². The molecule has 39 heavy (non-hydrogen) atoms. The van der Waals surface area contributed by atoms with Crippen LogP contribution in [-0.2, 0) is 35.1 Å². The zero-order chi connectivity index (χ0) is 29.1. The Morgan fingerprint density at radius 3 is 1.90 bits per heavy atom. The van der Waals surface area contributed by atoms with Crippen molar-refractivity contribution in [3.8, 4) is 11.5 Å². The summed E-state index contributed by atoms with van der Waals surface area (Å²) >= 11 is 0. The molecular weight excluding hydrogens is 502 g/mol. The minimum atomic E-state index is -1.01. The Kier molecular flexibility index (Phi) is 12.9. The first-order chi connectivity index (χ1) is 18.3. The molecule has 1 aliphatic carbocycles. The highest BCUT2D eigenvalue weighted by molar-refractivity contribution is 5.78. The van der Waals surface area contributed by atoms with Gasteiger partial charge in [-0.1, -0.05) is 53.0 Å². The summed E-state index contributed by atoms with van der Waals surface area (Å²) in [6.45, 7) is 10.9. The zero-order valence-corrected chi connectivity index (χ0v) is 24.2. The van der Waals surface area contributed by atoms with Crippen molar-refractivity contribution in [3.05, 3.63) is 23.8 Å². The van der Waals surface area contributed by atoms with Crippen LogP contribution in [0.15, 0.2) is 18.2 Å². The standard InChI is InChI=1S/C30H45NO8/c1-18(2)14-27(32)38-25-13-12-22(17-26(25)39-28(33)15-19(3)4)16-24(31)30(35)37-21(6)20(5)36-29(34)23-10-8-7-9-11-23/h12-13,17-21,23-24H,7-11,14-16,31H2,1-6H3/t20?,21-,24-/m0/s1. The maximum absolute atomic E-state index is 12.7. The summed E-state index contributed by atoms with van der Waals surface area (Å²) < 4.78 is 22.0. The summed E-state index contributed by atoms with van der Waals surface area (Å²) in [5.74, 6) is -1.48. The smallest absolute Gasteiger partial charge is 0.323 e. The fourth-order valence-electron chi connectivity index (χ4n) is 4.26. The van der Waals surface area contributed by atoms with E-state index in [0.29, 0.717) is 5.56 Å². The van der Waals surface area contributed by atoms with Gasteiger partial charge in [-0.2, -0.15) is 0 Å². The van der Waals surface area contributed by atoms with Gasteiger partial charge in [0.15, 0.2) is 11.5 Å². The molecule has 2 rings (SSSR count). The Hall–Kier alpha value is -2.94. The fraction of sp³-hybridized carbons (Fsp3) is 0.667. The first-order valence-corrected chi connectivity index (χ1v) is 14.1. The van der Waals surface area contributed by atoms with E-state index < -0.39 is 36.2 Å². The molecule has 2 N–H and O–H groups in total. The molecule has 1 aromatic rings. The third-order valence-corrected chi connectivity index (χ3v) is 6.57. The molecule has 0 spiro atoms. The van der Waals surface area contributed by atoms with Crippen molar-refractivity contribution in [3.63, 3.8) is 0 Å². The van der Waals surface area contributed by atoms with Gasteiger partial charge < -0.3 is 24.7 Å². The van der Waals surface area contributed by atoms with E-state index in [1.54, 1.807) is 26.0 Å². The molecule has 1 aromatic carbocycles. The summed E-state index contributed by atoms with van der Waals surface area (Å²) in [5.41, 5.74) is 6.73. The van der Waals surface area contributed by atoms with Crippen LogP contribution in [0.4, 0.5) is 0 Å². The largest absolute Gasteiger partial charge is 0.459 e. The van der Waals surface area contributed by atoms with Crippen molar-refractivity contribution >= 4 is 23.9 Å². The maximum Gasteiger partial charge on any atom is 0.323 e. The SMILES string of the molecule is CC(C)CC(=O)Oc1ccc(C[C@H](N)C(=O)O[C@@H](C)C(C)OC(=O)C2CCCCC2)cc1OC(=O)CC(C)C. The highest BCUT2D eigenvalue weighted by Gasteiger charge is 2.28. The molecule has 0 amide bonds. The van der Waals surface area contributed by atoms with Gasteiger partial charge in [0.2, 0.25) is 0 Å². The molecule has 0 saturated heterocycles. The molecule has 1 fully saturated rings. The van der Waals surface area contributed by atoms with Crippen LogP contribution in [0.5, 0.6) is 11.5 Å². The van der Waals surface area contributed by atoms with E-state index in [2.05, 4.69) is 0 Å². The summed E-state index contributed by atoms with van der Waals surface area (Å²) in [4.78, 5) is 49.7. The Balaban J connectivity index is 2.02. The number of nitrogens with two attached hydrogens (primary N) is 1. The number of rotatable bonds is 13. The van der Waals surface area contributed by atoms with Crippen molar-refractivity contribution in [2.45, 2.75) is 111 Å². The highest BCUT2D eigenvalue weighted by atomic mass is 16.6. The lowest BCUT2D eigenvalue weighted by atomic mass is 9.89. The topological polar surface area (TPSA) is 131 Å². The van der Waals surface area contributed by atoms with E-state index in [-0.39, 0.29) is 54.5 Å². The molecule has 3 atom stereocenters. The monoisotopic (exact) mass is 547 g/mol. The van der Waals surface area contributed by atoms with Gasteiger partial charge in [0.25, 0.3) is 0 Å². The third-order valence-electron chi connectivity index (χ3n) is 6.57. The molecule has 1 aliphatic rings. The first-order valence-electron chi connectivity index (χ1n) is 14.1. The number of hydrogen-bond donors (Lipinski definition) is 1. The van der Waals surface area contributed by atoms with Crippen molar-refractivity contribution in [1.29, 1.82) is 0 Å². The van der Waals surface area contributed by atoms with E-state index in [0.717, 1.165) is 32.1 Å². The van der Waals surface area contributed by atoms with E-state index in [4.69, 9.17) is 24.7 Å². The van der Waals surface area contributed by atoms with Gasteiger partial charge in [0, 0.05) is 12.8 Å². The van der Waals surface area contributed by atoms with Crippen molar-refractivity contribution in [2.24, 2.45) is 23.5 Å². The molecular formula is C30H45NO8. The lowest BCUT2D eigenvalue weighted by Gasteiger charge is -2.26. The van der Waals surface area contributed by atoms with Gasteiger partial charge in [-0.05, 0) is 62.6 Å². The minimum Gasteiger partial charge on any atom is -0.459 e. The highest BCUT2D eigenvalue weighted by Crippen LogP contribution is 2.31.